The number of halogens is 1. The first-order valence-corrected chi connectivity index (χ1v) is 11.0. The minimum atomic E-state index is -0.140. The van der Waals surface area contributed by atoms with Gasteiger partial charge < -0.3 is 10.2 Å². The van der Waals surface area contributed by atoms with Crippen molar-refractivity contribution in [2.45, 2.75) is 33.6 Å². The maximum Gasteiger partial charge on any atom is 0.229 e. The molecule has 0 saturated heterocycles. The third kappa shape index (κ3) is 4.35. The van der Waals surface area contributed by atoms with Crippen molar-refractivity contribution in [1.29, 1.82) is 0 Å². The average molecular weight is 438 g/mol. The van der Waals surface area contributed by atoms with Crippen molar-refractivity contribution >= 4 is 29.0 Å². The maximum absolute atomic E-state index is 13.2. The number of pyridine rings is 1. The number of nitrogens with one attached hydrogen (secondary N) is 1. The average Bonchev–Trinajstić information content (AvgIpc) is 3.47. The Hall–Kier alpha value is -2.73. The number of amides is 1. The lowest BCUT2D eigenvalue weighted by atomic mass is 9.81. The van der Waals surface area contributed by atoms with Gasteiger partial charge in [-0.15, -0.1) is 0 Å². The van der Waals surface area contributed by atoms with Crippen LogP contribution in [0.1, 0.15) is 29.9 Å². The summed E-state index contributed by atoms with van der Waals surface area (Å²) in [5.74, 6) is 1.55. The molecule has 2 aromatic heterocycles. The lowest BCUT2D eigenvalue weighted by molar-refractivity contribution is -0.118. The molecule has 0 aromatic carbocycles. The number of carbonyl (C=O) groups excluding carboxylic acids is 1. The van der Waals surface area contributed by atoms with Crippen molar-refractivity contribution in [3.63, 3.8) is 0 Å². The van der Waals surface area contributed by atoms with Crippen molar-refractivity contribution in [3.8, 4) is 0 Å². The Bertz CT molecular complexity index is 1070. The minimum absolute atomic E-state index is 0.0162. The number of aromatic nitrogens is 3. The molecule has 1 saturated carbocycles. The van der Waals surface area contributed by atoms with Gasteiger partial charge in [0.25, 0.3) is 0 Å². The van der Waals surface area contributed by atoms with Crippen molar-refractivity contribution in [2.75, 3.05) is 23.8 Å². The van der Waals surface area contributed by atoms with E-state index >= 15 is 0 Å². The second-order valence-electron chi connectivity index (χ2n) is 8.70. The zero-order chi connectivity index (χ0) is 22.2. The Morgan fingerprint density at radius 3 is 2.74 bits per heavy atom. The molecular formula is C24H28ClN5O. The van der Waals surface area contributed by atoms with E-state index in [0.717, 1.165) is 42.2 Å². The van der Waals surface area contributed by atoms with Crippen LogP contribution in [-0.4, -0.2) is 34.5 Å². The van der Waals surface area contributed by atoms with Crippen LogP contribution in [-0.2, 0) is 4.79 Å². The van der Waals surface area contributed by atoms with E-state index in [9.17, 15) is 4.79 Å². The van der Waals surface area contributed by atoms with Gasteiger partial charge in [0.2, 0.25) is 5.91 Å². The summed E-state index contributed by atoms with van der Waals surface area (Å²) in [5.41, 5.74) is 2.70. The molecule has 0 bridgehead atoms. The van der Waals surface area contributed by atoms with Crippen LogP contribution < -0.4 is 10.2 Å². The zero-order valence-electron chi connectivity index (χ0n) is 18.4. The molecule has 3 atom stereocenters. The molecule has 6 nitrogen and oxygen atoms in total. The molecule has 2 aliphatic carbocycles. The fourth-order valence-electron chi connectivity index (χ4n) is 4.68. The van der Waals surface area contributed by atoms with Gasteiger partial charge in [0.15, 0.2) is 0 Å². The number of rotatable bonds is 6. The molecule has 2 aliphatic rings. The summed E-state index contributed by atoms with van der Waals surface area (Å²) in [4.78, 5) is 28.5. The highest BCUT2D eigenvalue weighted by molar-refractivity contribution is 6.31. The third-order valence-corrected chi connectivity index (χ3v) is 6.86. The van der Waals surface area contributed by atoms with E-state index in [1.165, 1.54) is 0 Å². The highest BCUT2D eigenvalue weighted by Crippen LogP contribution is 2.60. The summed E-state index contributed by atoms with van der Waals surface area (Å²) in [6.07, 6.45) is 13.8. The highest BCUT2D eigenvalue weighted by Gasteiger charge is 2.61. The molecule has 1 unspecified atom stereocenters. The lowest BCUT2D eigenvalue weighted by Crippen LogP contribution is -2.35. The predicted octanol–water partition coefficient (Wildman–Crippen LogP) is 4.66. The van der Waals surface area contributed by atoms with Gasteiger partial charge in [-0.25, -0.2) is 15.0 Å². The van der Waals surface area contributed by atoms with Crippen LogP contribution in [0.15, 0.2) is 42.8 Å². The van der Waals surface area contributed by atoms with Gasteiger partial charge in [-0.05, 0) is 51.2 Å². The summed E-state index contributed by atoms with van der Waals surface area (Å²) >= 11 is 6.07. The van der Waals surface area contributed by atoms with Crippen LogP contribution in [0, 0.1) is 38.0 Å². The van der Waals surface area contributed by atoms with Gasteiger partial charge in [-0.2, -0.15) is 0 Å². The van der Waals surface area contributed by atoms with E-state index in [0.29, 0.717) is 16.8 Å². The quantitative estimate of drug-likeness (QED) is 0.711. The number of anilines is 2. The lowest BCUT2D eigenvalue weighted by Gasteiger charge is -2.32. The molecule has 4 rings (SSSR count). The minimum Gasteiger partial charge on any atom is -0.371 e. The second-order valence-corrected chi connectivity index (χ2v) is 9.10. The van der Waals surface area contributed by atoms with E-state index in [2.05, 4.69) is 56.5 Å². The first kappa shape index (κ1) is 21.5. The summed E-state index contributed by atoms with van der Waals surface area (Å²) in [5, 5.41) is 3.60. The van der Waals surface area contributed by atoms with Crippen molar-refractivity contribution in [1.82, 2.24) is 15.0 Å². The topological polar surface area (TPSA) is 71.0 Å². The van der Waals surface area contributed by atoms with E-state index < -0.39 is 0 Å². The molecule has 2 aromatic rings. The maximum atomic E-state index is 13.2. The standard InChI is InChI=1S/C24H28ClN5O/c1-15-10-22(27-12-20(15)25)29-23(31)19-11-24(19,18-8-6-5-7-9-18)14-30(4)21-13-26-17(3)28-16(21)2/h5-8,10,12-13,18-19H,9,11,14H2,1-4H3,(H,27,29,31)/t18?,19-,24+/m0/s1. The smallest absolute Gasteiger partial charge is 0.229 e. The van der Waals surface area contributed by atoms with Gasteiger partial charge in [0.1, 0.15) is 11.6 Å². The van der Waals surface area contributed by atoms with Crippen molar-refractivity contribution in [3.05, 3.63) is 64.9 Å². The molecule has 162 valence electrons. The first-order valence-electron chi connectivity index (χ1n) is 10.6. The number of nitrogens with zero attached hydrogens (tertiary/aromatic N) is 4. The van der Waals surface area contributed by atoms with E-state index in [1.54, 1.807) is 6.20 Å². The molecular weight excluding hydrogens is 410 g/mol. The summed E-state index contributed by atoms with van der Waals surface area (Å²) in [6, 6.07) is 1.81. The predicted molar refractivity (Wildman–Crippen MR) is 124 cm³/mol. The van der Waals surface area contributed by atoms with Crippen LogP contribution in [0.2, 0.25) is 5.02 Å². The van der Waals surface area contributed by atoms with Crippen molar-refractivity contribution in [2.24, 2.45) is 17.3 Å². The Balaban J connectivity index is 1.55. The van der Waals surface area contributed by atoms with E-state index in [1.807, 2.05) is 33.0 Å². The number of hydrogen-bond donors (Lipinski definition) is 1. The SMILES string of the molecule is Cc1ncc(N(C)C[C@@]2(C3C=CC=CC3)C[C@H]2C(=O)Nc2cc(C)c(Cl)cn2)c(C)n1. The Morgan fingerprint density at radius 2 is 2.06 bits per heavy atom. The molecule has 1 N–H and O–H groups in total. The first-order chi connectivity index (χ1) is 14.8. The van der Waals surface area contributed by atoms with Crippen molar-refractivity contribution < 1.29 is 4.79 Å². The van der Waals surface area contributed by atoms with Crippen LogP contribution in [0.25, 0.3) is 0 Å². The van der Waals surface area contributed by atoms with Gasteiger partial charge in [-0.1, -0.05) is 35.9 Å². The van der Waals surface area contributed by atoms with Crippen LogP contribution in [0.4, 0.5) is 11.5 Å². The zero-order valence-corrected chi connectivity index (χ0v) is 19.1. The van der Waals surface area contributed by atoms with Gasteiger partial charge in [0.05, 0.1) is 22.6 Å². The third-order valence-electron chi connectivity index (χ3n) is 6.47. The number of hydrogen-bond acceptors (Lipinski definition) is 5. The molecule has 0 spiro atoms. The molecule has 0 radical (unpaired) electrons. The summed E-state index contributed by atoms with van der Waals surface area (Å²) in [7, 11) is 2.06. The highest BCUT2D eigenvalue weighted by atomic mass is 35.5. The van der Waals surface area contributed by atoms with E-state index in [-0.39, 0.29) is 17.2 Å². The molecule has 1 amide bonds. The van der Waals surface area contributed by atoms with Gasteiger partial charge >= 0.3 is 0 Å². The Labute approximate surface area is 188 Å². The van der Waals surface area contributed by atoms with Crippen LogP contribution in [0.3, 0.4) is 0 Å². The molecule has 31 heavy (non-hydrogen) atoms. The normalized spacial score (nSPS) is 24.2. The molecule has 7 heteroatoms. The molecule has 0 aliphatic heterocycles. The Morgan fingerprint density at radius 1 is 1.26 bits per heavy atom. The van der Waals surface area contributed by atoms with Crippen LogP contribution in [0.5, 0.6) is 0 Å². The second kappa shape index (κ2) is 8.42. The fraction of sp³-hybridized carbons (Fsp3) is 0.417. The largest absolute Gasteiger partial charge is 0.371 e. The summed E-state index contributed by atoms with van der Waals surface area (Å²) < 4.78 is 0. The molecule has 2 heterocycles. The number of carbonyl (C=O) groups is 1. The number of allylic oxidation sites excluding steroid dienone is 4. The van der Waals surface area contributed by atoms with Gasteiger partial charge in [0, 0.05) is 31.1 Å². The fourth-order valence-corrected chi connectivity index (χ4v) is 4.79. The molecule has 1 fully saturated rings. The monoisotopic (exact) mass is 437 g/mol. The summed E-state index contributed by atoms with van der Waals surface area (Å²) in [6.45, 7) is 6.56. The van der Waals surface area contributed by atoms with Crippen LogP contribution >= 0.6 is 11.6 Å². The Kier molecular flexibility index (Phi) is 5.84. The van der Waals surface area contributed by atoms with Gasteiger partial charge in [-0.3, -0.25) is 4.79 Å². The number of aryl methyl sites for hydroxylation is 3. The van der Waals surface area contributed by atoms with E-state index in [4.69, 9.17) is 11.6 Å².